The smallest absolute Gasteiger partial charge is 0.123 e. The van der Waals surface area contributed by atoms with Crippen LogP contribution in [0.4, 0.5) is 5.69 Å². The minimum Gasteiger partial charge on any atom is -0.462 e. The van der Waals surface area contributed by atoms with Crippen molar-refractivity contribution in [3.63, 3.8) is 0 Å². The van der Waals surface area contributed by atoms with Crippen LogP contribution in [0.3, 0.4) is 0 Å². The van der Waals surface area contributed by atoms with E-state index in [1.165, 1.54) is 48.3 Å². The molecular formula is C26H35NO. The van der Waals surface area contributed by atoms with E-state index in [2.05, 4.69) is 82.9 Å². The van der Waals surface area contributed by atoms with Crippen LogP contribution in [0.5, 0.6) is 0 Å². The summed E-state index contributed by atoms with van der Waals surface area (Å²) in [7, 11) is 0. The van der Waals surface area contributed by atoms with Crippen molar-refractivity contribution in [2.45, 2.75) is 71.6 Å². The molecule has 0 spiro atoms. The van der Waals surface area contributed by atoms with Crippen LogP contribution in [0.2, 0.25) is 0 Å². The van der Waals surface area contributed by atoms with Crippen molar-refractivity contribution in [2.75, 3.05) is 18.0 Å². The number of hydrogen-bond donors (Lipinski definition) is 0. The first-order valence-electron chi connectivity index (χ1n) is 10.9. The van der Waals surface area contributed by atoms with Gasteiger partial charge in [0, 0.05) is 24.7 Å². The molecule has 2 heteroatoms. The largest absolute Gasteiger partial charge is 0.462 e. The summed E-state index contributed by atoms with van der Waals surface area (Å²) in [5.74, 6) is 2.48. The Labute approximate surface area is 171 Å². The van der Waals surface area contributed by atoms with Crippen LogP contribution in [0.25, 0.3) is 6.08 Å². The van der Waals surface area contributed by atoms with Crippen LogP contribution >= 0.6 is 0 Å². The maximum atomic E-state index is 6.08. The van der Waals surface area contributed by atoms with Crippen molar-refractivity contribution >= 4 is 11.8 Å². The molecular weight excluding hydrogens is 342 g/mol. The van der Waals surface area contributed by atoms with E-state index in [4.69, 9.17) is 4.74 Å². The predicted molar refractivity (Wildman–Crippen MR) is 120 cm³/mol. The summed E-state index contributed by atoms with van der Waals surface area (Å²) in [6, 6.07) is 4.84. The van der Waals surface area contributed by atoms with E-state index in [0.717, 1.165) is 17.9 Å². The van der Waals surface area contributed by atoms with Crippen molar-refractivity contribution in [1.82, 2.24) is 0 Å². The standard InChI is InChI=1S/C26H35NO/c1-18(2)23-9-7-8-20(28-23)11-10-19-16-21-24-22(17-19)26(5,6)13-15-27(24)14-12-25(21,3)4/h8-11,16-18H,7,12-15H2,1-6H3. The summed E-state index contributed by atoms with van der Waals surface area (Å²) in [4.78, 5) is 2.63. The highest BCUT2D eigenvalue weighted by Crippen LogP contribution is 2.49. The molecule has 4 rings (SSSR count). The summed E-state index contributed by atoms with van der Waals surface area (Å²) >= 11 is 0. The lowest BCUT2D eigenvalue weighted by atomic mass is 9.69. The van der Waals surface area contributed by atoms with Gasteiger partial charge in [0.05, 0.1) is 0 Å². The fourth-order valence-electron chi connectivity index (χ4n) is 4.70. The molecule has 0 unspecified atom stereocenters. The molecule has 0 aromatic heterocycles. The maximum absolute atomic E-state index is 6.08. The third kappa shape index (κ3) is 3.43. The quantitative estimate of drug-likeness (QED) is 0.580. The third-order valence-corrected chi connectivity index (χ3v) is 6.80. The number of allylic oxidation sites excluding steroid dienone is 4. The van der Waals surface area contributed by atoms with Crippen LogP contribution in [0.15, 0.2) is 41.9 Å². The first-order chi connectivity index (χ1) is 13.2. The minimum atomic E-state index is 0.228. The molecule has 2 nitrogen and oxygen atoms in total. The Bertz CT molecular complexity index is 825. The van der Waals surface area contributed by atoms with Crippen molar-refractivity contribution < 1.29 is 4.74 Å². The average Bonchev–Trinajstić information content (AvgIpc) is 2.65. The lowest BCUT2D eigenvalue weighted by molar-refractivity contribution is 0.271. The topological polar surface area (TPSA) is 12.5 Å². The van der Waals surface area contributed by atoms with Crippen molar-refractivity contribution in [1.29, 1.82) is 0 Å². The van der Waals surface area contributed by atoms with Gasteiger partial charge in [0.15, 0.2) is 0 Å². The molecule has 0 N–H and O–H groups in total. The maximum Gasteiger partial charge on any atom is 0.123 e. The molecule has 28 heavy (non-hydrogen) atoms. The van der Waals surface area contributed by atoms with Crippen LogP contribution in [0, 0.1) is 5.92 Å². The zero-order valence-corrected chi connectivity index (χ0v) is 18.4. The van der Waals surface area contributed by atoms with Gasteiger partial charge in [-0.1, -0.05) is 47.6 Å². The zero-order chi connectivity index (χ0) is 20.1. The van der Waals surface area contributed by atoms with E-state index < -0.39 is 0 Å². The molecule has 1 aromatic carbocycles. The number of nitrogens with zero attached hydrogens (tertiary/aromatic N) is 1. The van der Waals surface area contributed by atoms with Gasteiger partial charge in [-0.25, -0.2) is 0 Å². The van der Waals surface area contributed by atoms with E-state index >= 15 is 0 Å². The molecule has 0 aliphatic carbocycles. The first-order valence-corrected chi connectivity index (χ1v) is 10.9. The molecule has 1 aromatic rings. The summed E-state index contributed by atoms with van der Waals surface area (Å²) in [6.07, 6.45) is 12.1. The molecule has 150 valence electrons. The van der Waals surface area contributed by atoms with Crippen molar-refractivity contribution in [3.8, 4) is 0 Å². The summed E-state index contributed by atoms with van der Waals surface area (Å²) in [6.45, 7) is 16.4. The first kappa shape index (κ1) is 19.4. The molecule has 3 heterocycles. The van der Waals surface area contributed by atoms with Crippen molar-refractivity contribution in [3.05, 3.63) is 58.6 Å². The van der Waals surface area contributed by atoms with Gasteiger partial charge in [0.25, 0.3) is 0 Å². The lowest BCUT2D eigenvalue weighted by Crippen LogP contribution is -2.44. The molecule has 0 saturated carbocycles. The molecule has 3 aliphatic rings. The number of hydrogen-bond acceptors (Lipinski definition) is 2. The Hall–Kier alpha value is -1.96. The Morgan fingerprint density at radius 3 is 2.11 bits per heavy atom. The monoisotopic (exact) mass is 377 g/mol. The van der Waals surface area contributed by atoms with Gasteiger partial charge in [-0.2, -0.15) is 0 Å². The molecule has 0 atom stereocenters. The summed E-state index contributed by atoms with van der Waals surface area (Å²) in [5, 5.41) is 0. The fraction of sp³-hybridized carbons (Fsp3) is 0.538. The lowest BCUT2D eigenvalue weighted by Gasteiger charge is -2.48. The molecule has 0 fully saturated rings. The van der Waals surface area contributed by atoms with E-state index in [-0.39, 0.29) is 10.8 Å². The molecule has 0 bridgehead atoms. The number of benzene rings is 1. The summed E-state index contributed by atoms with van der Waals surface area (Å²) in [5.41, 5.74) is 6.31. The Morgan fingerprint density at radius 1 is 0.929 bits per heavy atom. The van der Waals surface area contributed by atoms with Crippen LogP contribution < -0.4 is 4.90 Å². The zero-order valence-electron chi connectivity index (χ0n) is 18.4. The third-order valence-electron chi connectivity index (χ3n) is 6.80. The van der Waals surface area contributed by atoms with Crippen molar-refractivity contribution in [2.24, 2.45) is 5.92 Å². The van der Waals surface area contributed by atoms with Crippen LogP contribution in [0.1, 0.15) is 77.5 Å². The second-order valence-corrected chi connectivity index (χ2v) is 10.3. The highest BCUT2D eigenvalue weighted by Gasteiger charge is 2.39. The fourth-order valence-corrected chi connectivity index (χ4v) is 4.70. The average molecular weight is 378 g/mol. The highest BCUT2D eigenvalue weighted by molar-refractivity contribution is 5.72. The number of rotatable bonds is 3. The van der Waals surface area contributed by atoms with Gasteiger partial charge in [-0.15, -0.1) is 0 Å². The summed E-state index contributed by atoms with van der Waals surface area (Å²) < 4.78 is 6.08. The van der Waals surface area contributed by atoms with Crippen LogP contribution in [-0.2, 0) is 15.6 Å². The normalized spacial score (nSPS) is 22.6. The van der Waals surface area contributed by atoms with Gasteiger partial charge in [-0.3, -0.25) is 0 Å². The Morgan fingerprint density at radius 2 is 1.54 bits per heavy atom. The predicted octanol–water partition coefficient (Wildman–Crippen LogP) is 6.71. The van der Waals surface area contributed by atoms with Crippen LogP contribution in [-0.4, -0.2) is 13.1 Å². The van der Waals surface area contributed by atoms with Gasteiger partial charge < -0.3 is 9.64 Å². The molecule has 0 radical (unpaired) electrons. The minimum absolute atomic E-state index is 0.228. The second-order valence-electron chi connectivity index (χ2n) is 10.3. The van der Waals surface area contributed by atoms with E-state index in [1.54, 1.807) is 0 Å². The van der Waals surface area contributed by atoms with E-state index in [0.29, 0.717) is 5.92 Å². The second kappa shape index (κ2) is 6.83. The number of anilines is 1. The van der Waals surface area contributed by atoms with Gasteiger partial charge in [-0.05, 0) is 77.1 Å². The van der Waals surface area contributed by atoms with E-state index in [1.807, 2.05) is 0 Å². The van der Waals surface area contributed by atoms with Gasteiger partial charge in [0.1, 0.15) is 11.5 Å². The Balaban J connectivity index is 1.71. The molecule has 0 saturated heterocycles. The molecule has 0 amide bonds. The van der Waals surface area contributed by atoms with E-state index in [9.17, 15) is 0 Å². The molecule has 3 aliphatic heterocycles. The SMILES string of the molecule is CC(C)C1=CCC=C(C=Cc2cc3c4c(c2)C(C)(C)CCN4CCC3(C)C)O1. The number of ether oxygens (including phenoxy) is 1. The Kier molecular flexibility index (Phi) is 4.72. The van der Waals surface area contributed by atoms with Gasteiger partial charge in [0.2, 0.25) is 0 Å². The highest BCUT2D eigenvalue weighted by atomic mass is 16.5. The van der Waals surface area contributed by atoms with Gasteiger partial charge >= 0.3 is 0 Å².